The standard InChI is InChI=1S/C9H13N5O3S2/c1-5(2)7(4-10)14-19(16,17)9-13-12-8(18-9)11-6(3)15/h5,7,14H,1-3H3,(H,11,12,15). The Morgan fingerprint density at radius 1 is 1.42 bits per heavy atom. The molecule has 0 saturated heterocycles. The number of nitriles is 1. The molecule has 1 aromatic rings. The summed E-state index contributed by atoms with van der Waals surface area (Å²) >= 11 is 0.718. The molecule has 0 fully saturated rings. The van der Waals surface area contributed by atoms with Crippen molar-refractivity contribution in [3.8, 4) is 6.07 Å². The minimum atomic E-state index is -3.91. The van der Waals surface area contributed by atoms with Crippen molar-refractivity contribution in [2.75, 3.05) is 5.32 Å². The van der Waals surface area contributed by atoms with Gasteiger partial charge in [0.25, 0.3) is 10.0 Å². The Kier molecular flexibility index (Phi) is 4.93. The molecule has 1 rings (SSSR count). The van der Waals surface area contributed by atoms with E-state index in [4.69, 9.17) is 5.26 Å². The van der Waals surface area contributed by atoms with E-state index in [2.05, 4.69) is 20.2 Å². The van der Waals surface area contributed by atoms with Crippen molar-refractivity contribution in [1.29, 1.82) is 5.26 Å². The Bertz CT molecular complexity index is 602. The highest BCUT2D eigenvalue weighted by atomic mass is 32.2. The molecule has 0 saturated carbocycles. The van der Waals surface area contributed by atoms with Gasteiger partial charge < -0.3 is 5.32 Å². The predicted molar refractivity (Wildman–Crippen MR) is 68.8 cm³/mol. The van der Waals surface area contributed by atoms with E-state index < -0.39 is 16.1 Å². The number of carbonyl (C=O) groups is 1. The molecule has 10 heteroatoms. The molecule has 0 aliphatic rings. The van der Waals surface area contributed by atoms with Crippen molar-refractivity contribution >= 4 is 32.4 Å². The lowest BCUT2D eigenvalue weighted by atomic mass is 10.1. The lowest BCUT2D eigenvalue weighted by molar-refractivity contribution is -0.114. The second-order valence-corrected chi connectivity index (χ2v) is 6.89. The predicted octanol–water partition coefficient (Wildman–Crippen LogP) is 0.323. The molecular weight excluding hydrogens is 290 g/mol. The molecule has 0 aliphatic heterocycles. The molecule has 0 spiro atoms. The highest BCUT2D eigenvalue weighted by molar-refractivity contribution is 7.91. The van der Waals surface area contributed by atoms with Gasteiger partial charge in [-0.25, -0.2) is 8.42 Å². The SMILES string of the molecule is CC(=O)Nc1nnc(S(=O)(=O)NC(C#N)C(C)C)s1. The van der Waals surface area contributed by atoms with Crippen molar-refractivity contribution in [2.24, 2.45) is 5.92 Å². The fourth-order valence-corrected chi connectivity index (χ4v) is 3.30. The van der Waals surface area contributed by atoms with E-state index in [1.165, 1.54) is 6.92 Å². The quantitative estimate of drug-likeness (QED) is 0.755. The van der Waals surface area contributed by atoms with Gasteiger partial charge in [0, 0.05) is 6.92 Å². The molecule has 104 valence electrons. The Balaban J connectivity index is 2.92. The smallest absolute Gasteiger partial charge is 0.271 e. The van der Waals surface area contributed by atoms with Crippen molar-refractivity contribution < 1.29 is 13.2 Å². The fourth-order valence-electron chi connectivity index (χ4n) is 1.05. The highest BCUT2D eigenvalue weighted by Gasteiger charge is 2.26. The van der Waals surface area contributed by atoms with E-state index >= 15 is 0 Å². The second-order valence-electron chi connectivity index (χ2n) is 4.03. The third kappa shape index (κ3) is 4.23. The first-order valence-corrected chi connectivity index (χ1v) is 7.59. The summed E-state index contributed by atoms with van der Waals surface area (Å²) in [5, 5.41) is 18.3. The van der Waals surface area contributed by atoms with Gasteiger partial charge in [0.15, 0.2) is 0 Å². The lowest BCUT2D eigenvalue weighted by Gasteiger charge is -2.13. The number of hydrogen-bond acceptors (Lipinski definition) is 7. The van der Waals surface area contributed by atoms with Crippen LogP contribution in [-0.2, 0) is 14.8 Å². The van der Waals surface area contributed by atoms with Crippen LogP contribution in [0.15, 0.2) is 4.34 Å². The number of rotatable bonds is 5. The minimum absolute atomic E-state index is 0.0888. The molecule has 1 heterocycles. The number of hydrogen-bond donors (Lipinski definition) is 2. The van der Waals surface area contributed by atoms with Crippen LogP contribution in [0, 0.1) is 17.2 Å². The zero-order valence-corrected chi connectivity index (χ0v) is 12.2. The van der Waals surface area contributed by atoms with Crippen LogP contribution in [0.3, 0.4) is 0 Å². The van der Waals surface area contributed by atoms with E-state index in [0.29, 0.717) is 0 Å². The molecule has 1 atom stereocenters. The first kappa shape index (κ1) is 15.5. The minimum Gasteiger partial charge on any atom is -0.301 e. The van der Waals surface area contributed by atoms with E-state index in [1.807, 2.05) is 6.07 Å². The number of anilines is 1. The number of amides is 1. The molecule has 1 unspecified atom stereocenters. The van der Waals surface area contributed by atoms with E-state index in [1.54, 1.807) is 13.8 Å². The van der Waals surface area contributed by atoms with Crippen LogP contribution in [0.1, 0.15) is 20.8 Å². The van der Waals surface area contributed by atoms with Gasteiger partial charge in [-0.3, -0.25) is 4.79 Å². The van der Waals surface area contributed by atoms with Crippen LogP contribution in [-0.4, -0.2) is 30.6 Å². The third-order valence-corrected chi connectivity index (χ3v) is 4.65. The maximum atomic E-state index is 11.9. The van der Waals surface area contributed by atoms with Gasteiger partial charge in [-0.2, -0.15) is 9.98 Å². The summed E-state index contributed by atoms with van der Waals surface area (Å²) in [4.78, 5) is 10.8. The Labute approximate surface area is 114 Å². The van der Waals surface area contributed by atoms with Gasteiger partial charge in [0.1, 0.15) is 6.04 Å². The van der Waals surface area contributed by atoms with Crippen molar-refractivity contribution in [2.45, 2.75) is 31.2 Å². The lowest BCUT2D eigenvalue weighted by Crippen LogP contribution is -2.37. The molecule has 1 amide bonds. The van der Waals surface area contributed by atoms with E-state index in [9.17, 15) is 13.2 Å². The van der Waals surface area contributed by atoms with Gasteiger partial charge in [-0.05, 0) is 5.92 Å². The number of nitrogens with zero attached hydrogens (tertiary/aromatic N) is 3. The fraction of sp³-hybridized carbons (Fsp3) is 0.556. The maximum absolute atomic E-state index is 11.9. The van der Waals surface area contributed by atoms with Crippen molar-refractivity contribution in [3.05, 3.63) is 0 Å². The normalized spacial score (nSPS) is 13.0. The highest BCUT2D eigenvalue weighted by Crippen LogP contribution is 2.20. The molecule has 8 nitrogen and oxygen atoms in total. The largest absolute Gasteiger partial charge is 0.301 e. The summed E-state index contributed by atoms with van der Waals surface area (Å²) in [6.45, 7) is 4.72. The maximum Gasteiger partial charge on any atom is 0.271 e. The molecule has 0 radical (unpaired) electrons. The first-order chi connectivity index (χ1) is 8.76. The van der Waals surface area contributed by atoms with Gasteiger partial charge >= 0.3 is 0 Å². The number of sulfonamides is 1. The topological polar surface area (TPSA) is 125 Å². The van der Waals surface area contributed by atoms with Crippen molar-refractivity contribution in [3.63, 3.8) is 0 Å². The molecule has 19 heavy (non-hydrogen) atoms. The van der Waals surface area contributed by atoms with Crippen LogP contribution >= 0.6 is 11.3 Å². The zero-order chi connectivity index (χ0) is 14.6. The van der Waals surface area contributed by atoms with Gasteiger partial charge in [0.2, 0.25) is 15.4 Å². The monoisotopic (exact) mass is 303 g/mol. The summed E-state index contributed by atoms with van der Waals surface area (Å²) in [7, 11) is -3.91. The molecule has 0 aromatic carbocycles. The average Bonchev–Trinajstić information content (AvgIpc) is 2.73. The van der Waals surface area contributed by atoms with Gasteiger partial charge in [-0.15, -0.1) is 10.2 Å². The summed E-state index contributed by atoms with van der Waals surface area (Å²) < 4.78 is 25.8. The Hall–Kier alpha value is -1.57. The molecule has 1 aromatic heterocycles. The Morgan fingerprint density at radius 3 is 2.53 bits per heavy atom. The summed E-state index contributed by atoms with van der Waals surface area (Å²) in [5.74, 6) is -0.548. The molecule has 2 N–H and O–H groups in total. The molecule has 0 bridgehead atoms. The van der Waals surface area contributed by atoms with Crippen LogP contribution in [0.4, 0.5) is 5.13 Å². The summed E-state index contributed by atoms with van der Waals surface area (Å²) in [6.07, 6.45) is 0. The van der Waals surface area contributed by atoms with Gasteiger partial charge in [-0.1, -0.05) is 25.2 Å². The van der Waals surface area contributed by atoms with Crippen molar-refractivity contribution in [1.82, 2.24) is 14.9 Å². The van der Waals surface area contributed by atoms with Crippen LogP contribution in [0.25, 0.3) is 0 Å². The van der Waals surface area contributed by atoms with Crippen LogP contribution in [0.5, 0.6) is 0 Å². The van der Waals surface area contributed by atoms with Crippen LogP contribution in [0.2, 0.25) is 0 Å². The number of nitrogens with one attached hydrogen (secondary N) is 2. The van der Waals surface area contributed by atoms with Gasteiger partial charge in [0.05, 0.1) is 6.07 Å². The Morgan fingerprint density at radius 2 is 2.05 bits per heavy atom. The molecule has 0 aliphatic carbocycles. The number of carbonyl (C=O) groups excluding carboxylic acids is 1. The van der Waals surface area contributed by atoms with E-state index in [0.717, 1.165) is 11.3 Å². The average molecular weight is 303 g/mol. The third-order valence-electron chi connectivity index (χ3n) is 2.01. The van der Waals surface area contributed by atoms with E-state index in [-0.39, 0.29) is 21.3 Å². The first-order valence-electron chi connectivity index (χ1n) is 5.29. The zero-order valence-electron chi connectivity index (χ0n) is 10.5. The molecular formula is C9H13N5O3S2. The van der Waals surface area contributed by atoms with Crippen LogP contribution < -0.4 is 10.0 Å². The summed E-state index contributed by atoms with van der Waals surface area (Å²) in [6, 6.07) is 1.01. The second kappa shape index (κ2) is 6.05. The summed E-state index contributed by atoms with van der Waals surface area (Å²) in [5.41, 5.74) is 0. The number of aromatic nitrogens is 2.